The van der Waals surface area contributed by atoms with Gasteiger partial charge in [-0.2, -0.15) is 0 Å². The highest BCUT2D eigenvalue weighted by Gasteiger charge is 2.53. The summed E-state index contributed by atoms with van der Waals surface area (Å²) in [5, 5.41) is 3.42. The molecule has 4 heteroatoms. The van der Waals surface area contributed by atoms with Gasteiger partial charge in [-0.3, -0.25) is 4.79 Å². The second-order valence-corrected chi connectivity index (χ2v) is 7.01. The van der Waals surface area contributed by atoms with Gasteiger partial charge in [-0.15, -0.1) is 12.4 Å². The first-order valence-electron chi connectivity index (χ1n) is 7.02. The summed E-state index contributed by atoms with van der Waals surface area (Å²) < 4.78 is 0. The molecule has 0 bridgehead atoms. The SMILES string of the molecule is CC1(C)CC1C(=O)N1CCC2(CCNCC2)C1.Cl. The highest BCUT2D eigenvalue weighted by atomic mass is 35.5. The third-order valence-electron chi connectivity index (χ3n) is 5.23. The van der Waals surface area contributed by atoms with Gasteiger partial charge in [0.15, 0.2) is 0 Å². The zero-order chi connectivity index (χ0) is 12.1. The smallest absolute Gasteiger partial charge is 0.226 e. The van der Waals surface area contributed by atoms with Crippen molar-refractivity contribution in [1.29, 1.82) is 0 Å². The van der Waals surface area contributed by atoms with Crippen molar-refractivity contribution in [3.63, 3.8) is 0 Å². The van der Waals surface area contributed by atoms with Crippen LogP contribution in [0, 0.1) is 16.7 Å². The molecule has 1 aliphatic carbocycles. The first kappa shape index (κ1) is 14.1. The molecule has 2 saturated heterocycles. The first-order valence-corrected chi connectivity index (χ1v) is 7.02. The number of carbonyl (C=O) groups is 1. The van der Waals surface area contributed by atoms with Crippen LogP contribution in [0.15, 0.2) is 0 Å². The molecule has 1 atom stereocenters. The van der Waals surface area contributed by atoms with Gasteiger partial charge in [0.1, 0.15) is 0 Å². The molecule has 2 heterocycles. The lowest BCUT2D eigenvalue weighted by Crippen LogP contribution is -2.40. The van der Waals surface area contributed by atoms with Crippen LogP contribution in [0.3, 0.4) is 0 Å². The molecule has 0 aromatic heterocycles. The van der Waals surface area contributed by atoms with E-state index in [0.717, 1.165) is 32.6 Å². The zero-order valence-corrected chi connectivity index (χ0v) is 12.3. The summed E-state index contributed by atoms with van der Waals surface area (Å²) in [7, 11) is 0. The van der Waals surface area contributed by atoms with Gasteiger partial charge >= 0.3 is 0 Å². The summed E-state index contributed by atoms with van der Waals surface area (Å²) in [6.07, 6.45) is 4.83. The fourth-order valence-electron chi connectivity index (χ4n) is 3.60. The molecule has 1 N–H and O–H groups in total. The largest absolute Gasteiger partial charge is 0.342 e. The number of rotatable bonds is 1. The highest BCUT2D eigenvalue weighted by molar-refractivity contribution is 5.85. The number of amides is 1. The van der Waals surface area contributed by atoms with Gasteiger partial charge < -0.3 is 10.2 Å². The predicted molar refractivity (Wildman–Crippen MR) is 74.9 cm³/mol. The van der Waals surface area contributed by atoms with E-state index in [9.17, 15) is 4.79 Å². The Morgan fingerprint density at radius 3 is 2.39 bits per heavy atom. The molecule has 3 fully saturated rings. The molecule has 104 valence electrons. The van der Waals surface area contributed by atoms with Gasteiger partial charge in [-0.25, -0.2) is 0 Å². The molecule has 0 aromatic carbocycles. The Balaban J connectivity index is 0.00000120. The minimum absolute atomic E-state index is 0. The van der Waals surface area contributed by atoms with Crippen LogP contribution < -0.4 is 5.32 Å². The zero-order valence-electron chi connectivity index (χ0n) is 11.5. The fraction of sp³-hybridized carbons (Fsp3) is 0.929. The van der Waals surface area contributed by atoms with Crippen molar-refractivity contribution in [1.82, 2.24) is 10.2 Å². The number of likely N-dealkylation sites (tertiary alicyclic amines) is 1. The van der Waals surface area contributed by atoms with Crippen LogP contribution in [0.4, 0.5) is 0 Å². The molecule has 3 rings (SSSR count). The summed E-state index contributed by atoms with van der Waals surface area (Å²) in [6.45, 7) is 8.73. The maximum absolute atomic E-state index is 12.4. The van der Waals surface area contributed by atoms with E-state index in [1.807, 2.05) is 0 Å². The van der Waals surface area contributed by atoms with E-state index >= 15 is 0 Å². The Hall–Kier alpha value is -0.280. The summed E-state index contributed by atoms with van der Waals surface area (Å²) in [4.78, 5) is 14.5. The minimum atomic E-state index is 0. The Kier molecular flexibility index (Phi) is 3.67. The minimum Gasteiger partial charge on any atom is -0.342 e. The van der Waals surface area contributed by atoms with Crippen LogP contribution in [-0.4, -0.2) is 37.0 Å². The number of nitrogens with one attached hydrogen (secondary N) is 1. The lowest BCUT2D eigenvalue weighted by Gasteiger charge is -2.33. The van der Waals surface area contributed by atoms with E-state index in [1.54, 1.807) is 0 Å². The summed E-state index contributed by atoms with van der Waals surface area (Å²) in [5.74, 6) is 0.754. The Morgan fingerprint density at radius 1 is 1.22 bits per heavy atom. The lowest BCUT2D eigenvalue weighted by atomic mass is 9.78. The van der Waals surface area contributed by atoms with Crippen molar-refractivity contribution in [3.05, 3.63) is 0 Å². The van der Waals surface area contributed by atoms with Crippen LogP contribution in [0.1, 0.15) is 39.5 Å². The molecule has 3 aliphatic rings. The molecule has 1 unspecified atom stereocenters. The molecular weight excluding hydrogens is 248 g/mol. The van der Waals surface area contributed by atoms with E-state index in [2.05, 4.69) is 24.1 Å². The lowest BCUT2D eigenvalue weighted by molar-refractivity contribution is -0.132. The van der Waals surface area contributed by atoms with Crippen molar-refractivity contribution in [2.45, 2.75) is 39.5 Å². The Morgan fingerprint density at radius 2 is 1.83 bits per heavy atom. The molecule has 18 heavy (non-hydrogen) atoms. The van der Waals surface area contributed by atoms with Crippen molar-refractivity contribution < 1.29 is 4.79 Å². The van der Waals surface area contributed by atoms with Gasteiger partial charge in [0.05, 0.1) is 0 Å². The van der Waals surface area contributed by atoms with Gasteiger partial charge in [0.2, 0.25) is 5.91 Å². The molecule has 0 aromatic rings. The predicted octanol–water partition coefficient (Wildman–Crippen LogP) is 2.06. The fourth-order valence-corrected chi connectivity index (χ4v) is 3.60. The quantitative estimate of drug-likeness (QED) is 0.793. The van der Waals surface area contributed by atoms with E-state index in [1.165, 1.54) is 19.3 Å². The third-order valence-corrected chi connectivity index (χ3v) is 5.23. The van der Waals surface area contributed by atoms with Gasteiger partial charge in [-0.05, 0) is 49.6 Å². The van der Waals surface area contributed by atoms with E-state index in [0.29, 0.717) is 17.2 Å². The van der Waals surface area contributed by atoms with Crippen LogP contribution in [-0.2, 0) is 4.79 Å². The molecule has 1 spiro atoms. The normalized spacial score (nSPS) is 32.1. The van der Waals surface area contributed by atoms with Crippen molar-refractivity contribution >= 4 is 18.3 Å². The van der Waals surface area contributed by atoms with Crippen LogP contribution in [0.5, 0.6) is 0 Å². The monoisotopic (exact) mass is 272 g/mol. The average Bonchev–Trinajstić information content (AvgIpc) is 2.76. The number of carbonyl (C=O) groups excluding carboxylic acids is 1. The number of halogens is 1. The van der Waals surface area contributed by atoms with E-state index < -0.39 is 0 Å². The third kappa shape index (κ3) is 2.39. The first-order chi connectivity index (χ1) is 8.03. The number of piperidine rings is 1. The number of hydrogen-bond acceptors (Lipinski definition) is 2. The van der Waals surface area contributed by atoms with Crippen LogP contribution >= 0.6 is 12.4 Å². The van der Waals surface area contributed by atoms with Crippen molar-refractivity contribution in [3.8, 4) is 0 Å². The topological polar surface area (TPSA) is 32.3 Å². The number of nitrogens with zero attached hydrogens (tertiary/aromatic N) is 1. The standard InChI is InChI=1S/C14H24N2O.ClH/c1-13(2)9-11(13)12(17)16-8-5-14(10-16)3-6-15-7-4-14;/h11,15H,3-10H2,1-2H3;1H. The van der Waals surface area contributed by atoms with E-state index in [-0.39, 0.29) is 17.8 Å². The molecule has 0 radical (unpaired) electrons. The van der Waals surface area contributed by atoms with Crippen molar-refractivity contribution in [2.24, 2.45) is 16.7 Å². The van der Waals surface area contributed by atoms with Gasteiger partial charge in [0.25, 0.3) is 0 Å². The van der Waals surface area contributed by atoms with E-state index in [4.69, 9.17) is 0 Å². The molecule has 2 aliphatic heterocycles. The second kappa shape index (κ2) is 4.68. The molecule has 3 nitrogen and oxygen atoms in total. The van der Waals surface area contributed by atoms with Crippen LogP contribution in [0.25, 0.3) is 0 Å². The van der Waals surface area contributed by atoms with Gasteiger partial charge in [-0.1, -0.05) is 13.8 Å². The maximum Gasteiger partial charge on any atom is 0.226 e. The molecule has 1 amide bonds. The maximum atomic E-state index is 12.4. The van der Waals surface area contributed by atoms with Crippen LogP contribution in [0.2, 0.25) is 0 Å². The number of hydrogen-bond donors (Lipinski definition) is 1. The average molecular weight is 273 g/mol. The van der Waals surface area contributed by atoms with Gasteiger partial charge in [0, 0.05) is 19.0 Å². The second-order valence-electron chi connectivity index (χ2n) is 7.01. The summed E-state index contributed by atoms with van der Waals surface area (Å²) >= 11 is 0. The molecular formula is C14H25ClN2O. The molecule has 1 saturated carbocycles. The summed E-state index contributed by atoms with van der Waals surface area (Å²) in [6, 6.07) is 0. The highest BCUT2D eigenvalue weighted by Crippen LogP contribution is 2.53. The van der Waals surface area contributed by atoms with Crippen molar-refractivity contribution in [2.75, 3.05) is 26.2 Å². The Labute approximate surface area is 116 Å². The Bertz CT molecular complexity index is 337. The summed E-state index contributed by atoms with van der Waals surface area (Å²) in [5.41, 5.74) is 0.737.